The summed E-state index contributed by atoms with van der Waals surface area (Å²) in [7, 11) is 0. The van der Waals surface area contributed by atoms with E-state index in [1.165, 1.54) is 6.21 Å². The molecule has 0 saturated carbocycles. The Morgan fingerprint density at radius 3 is 3.08 bits per heavy atom. The molecule has 13 heavy (non-hydrogen) atoms. The lowest BCUT2D eigenvalue weighted by Crippen LogP contribution is -1.95. The molecule has 0 atom stereocenters. The van der Waals surface area contributed by atoms with Crippen LogP contribution in [0.1, 0.15) is 11.1 Å². The number of nitrogens with zero attached hydrogens (tertiary/aromatic N) is 1. The summed E-state index contributed by atoms with van der Waals surface area (Å²) in [4.78, 5) is 0. The van der Waals surface area contributed by atoms with Gasteiger partial charge in [0.1, 0.15) is 0 Å². The molecular weight excluding hydrogens is 170 g/mol. The van der Waals surface area contributed by atoms with E-state index in [1.54, 1.807) is 0 Å². The molecule has 0 radical (unpaired) electrons. The van der Waals surface area contributed by atoms with Crippen molar-refractivity contribution in [1.82, 2.24) is 0 Å². The first kappa shape index (κ1) is 7.91. The fraction of sp³-hybridized carbons (Fsp3) is 0.222. The second-order valence-electron chi connectivity index (χ2n) is 2.77. The Morgan fingerprint density at radius 2 is 2.31 bits per heavy atom. The van der Waals surface area contributed by atoms with Crippen LogP contribution in [0.15, 0.2) is 17.3 Å². The third-order valence-electron chi connectivity index (χ3n) is 1.98. The Balaban J connectivity index is 2.58. The Kier molecular flexibility index (Phi) is 1.81. The summed E-state index contributed by atoms with van der Waals surface area (Å²) in [5, 5.41) is 11.4. The number of ether oxygens (including phenoxy) is 2. The Morgan fingerprint density at radius 1 is 1.46 bits per heavy atom. The molecular formula is C9H9NO3. The van der Waals surface area contributed by atoms with Crippen LogP contribution in [0.5, 0.6) is 11.5 Å². The van der Waals surface area contributed by atoms with Crippen molar-refractivity contribution in [1.29, 1.82) is 0 Å². The van der Waals surface area contributed by atoms with Crippen molar-refractivity contribution in [3.05, 3.63) is 23.3 Å². The fourth-order valence-electron chi connectivity index (χ4n) is 1.31. The van der Waals surface area contributed by atoms with Gasteiger partial charge in [-0.05, 0) is 18.6 Å². The number of rotatable bonds is 1. The van der Waals surface area contributed by atoms with Crippen LogP contribution >= 0.6 is 0 Å². The van der Waals surface area contributed by atoms with E-state index in [0.29, 0.717) is 11.5 Å². The van der Waals surface area contributed by atoms with Crippen LogP contribution in [-0.2, 0) is 0 Å². The highest BCUT2D eigenvalue weighted by molar-refractivity contribution is 5.86. The lowest BCUT2D eigenvalue weighted by Gasteiger charge is -2.02. The van der Waals surface area contributed by atoms with Gasteiger partial charge < -0.3 is 14.7 Å². The van der Waals surface area contributed by atoms with Crippen molar-refractivity contribution in [3.63, 3.8) is 0 Å². The molecule has 0 bridgehead atoms. The molecule has 0 unspecified atom stereocenters. The summed E-state index contributed by atoms with van der Waals surface area (Å²) >= 11 is 0. The second-order valence-corrected chi connectivity index (χ2v) is 2.77. The molecule has 0 fully saturated rings. The Labute approximate surface area is 75.4 Å². The maximum atomic E-state index is 8.45. The smallest absolute Gasteiger partial charge is 0.231 e. The minimum atomic E-state index is 0.227. The largest absolute Gasteiger partial charge is 0.454 e. The maximum absolute atomic E-state index is 8.45. The van der Waals surface area contributed by atoms with E-state index in [1.807, 2.05) is 19.1 Å². The normalized spacial score (nSPS) is 13.9. The third kappa shape index (κ3) is 1.20. The summed E-state index contributed by atoms with van der Waals surface area (Å²) in [6, 6.07) is 3.73. The minimum Gasteiger partial charge on any atom is -0.454 e. The van der Waals surface area contributed by atoms with Crippen molar-refractivity contribution in [3.8, 4) is 11.5 Å². The molecule has 0 saturated heterocycles. The zero-order valence-corrected chi connectivity index (χ0v) is 7.15. The predicted molar refractivity (Wildman–Crippen MR) is 46.7 cm³/mol. The maximum Gasteiger partial charge on any atom is 0.231 e. The number of hydrogen-bond acceptors (Lipinski definition) is 4. The Bertz CT molecular complexity index is 360. The van der Waals surface area contributed by atoms with Gasteiger partial charge in [0.15, 0.2) is 11.5 Å². The lowest BCUT2D eigenvalue weighted by molar-refractivity contribution is 0.173. The molecule has 1 aliphatic rings. The van der Waals surface area contributed by atoms with Gasteiger partial charge in [-0.25, -0.2) is 0 Å². The highest BCUT2D eigenvalue weighted by atomic mass is 16.7. The first-order valence-corrected chi connectivity index (χ1v) is 3.89. The quantitative estimate of drug-likeness (QED) is 0.404. The first-order chi connectivity index (χ1) is 6.33. The van der Waals surface area contributed by atoms with Crippen LogP contribution in [-0.4, -0.2) is 18.2 Å². The van der Waals surface area contributed by atoms with Crippen molar-refractivity contribution in [2.45, 2.75) is 6.92 Å². The third-order valence-corrected chi connectivity index (χ3v) is 1.98. The van der Waals surface area contributed by atoms with E-state index >= 15 is 0 Å². The van der Waals surface area contributed by atoms with E-state index in [9.17, 15) is 0 Å². The lowest BCUT2D eigenvalue weighted by atomic mass is 10.1. The zero-order valence-electron chi connectivity index (χ0n) is 7.15. The van der Waals surface area contributed by atoms with E-state index in [2.05, 4.69) is 5.16 Å². The van der Waals surface area contributed by atoms with E-state index in [0.717, 1.165) is 11.1 Å². The summed E-state index contributed by atoms with van der Waals surface area (Å²) in [5.41, 5.74) is 1.75. The monoisotopic (exact) mass is 179 g/mol. The number of fused-ring (bicyclic) bond motifs is 1. The summed E-state index contributed by atoms with van der Waals surface area (Å²) in [5.74, 6) is 1.35. The van der Waals surface area contributed by atoms with Crippen molar-refractivity contribution >= 4 is 6.21 Å². The number of oxime groups is 1. The van der Waals surface area contributed by atoms with Crippen molar-refractivity contribution in [2.24, 2.45) is 5.16 Å². The molecule has 0 amide bonds. The molecule has 68 valence electrons. The average Bonchev–Trinajstić information content (AvgIpc) is 2.58. The van der Waals surface area contributed by atoms with Crippen LogP contribution in [0, 0.1) is 6.92 Å². The summed E-state index contributed by atoms with van der Waals surface area (Å²) in [6.45, 7) is 2.14. The van der Waals surface area contributed by atoms with Gasteiger partial charge in [0, 0.05) is 5.56 Å². The molecule has 1 heterocycles. The van der Waals surface area contributed by atoms with Crippen LogP contribution in [0.3, 0.4) is 0 Å². The molecule has 4 heteroatoms. The summed E-state index contributed by atoms with van der Waals surface area (Å²) in [6.07, 6.45) is 1.35. The van der Waals surface area contributed by atoms with Gasteiger partial charge in [-0.2, -0.15) is 0 Å². The van der Waals surface area contributed by atoms with Crippen LogP contribution < -0.4 is 9.47 Å². The standard InChI is InChI=1S/C9H9NO3/c1-6-2-3-8-9(13-5-12-8)7(6)4-10-11/h2-4,11H,5H2,1H3. The van der Waals surface area contributed by atoms with Gasteiger partial charge in [0.2, 0.25) is 6.79 Å². The number of benzene rings is 1. The zero-order chi connectivity index (χ0) is 9.26. The van der Waals surface area contributed by atoms with Crippen LogP contribution in [0.2, 0.25) is 0 Å². The number of hydrogen-bond donors (Lipinski definition) is 1. The molecule has 0 aromatic heterocycles. The van der Waals surface area contributed by atoms with Crippen LogP contribution in [0.4, 0.5) is 0 Å². The molecule has 1 N–H and O–H groups in total. The highest BCUT2D eigenvalue weighted by Crippen LogP contribution is 2.36. The molecule has 0 spiro atoms. The van der Waals surface area contributed by atoms with Crippen molar-refractivity contribution in [2.75, 3.05) is 6.79 Å². The molecule has 1 aromatic carbocycles. The van der Waals surface area contributed by atoms with Crippen molar-refractivity contribution < 1.29 is 14.7 Å². The summed E-state index contributed by atoms with van der Waals surface area (Å²) < 4.78 is 10.4. The first-order valence-electron chi connectivity index (χ1n) is 3.89. The molecule has 4 nitrogen and oxygen atoms in total. The molecule has 1 aromatic rings. The number of aryl methyl sites for hydroxylation is 1. The Hall–Kier alpha value is -1.71. The van der Waals surface area contributed by atoms with Gasteiger partial charge in [0.05, 0.1) is 6.21 Å². The predicted octanol–water partition coefficient (Wildman–Crippen LogP) is 1.53. The van der Waals surface area contributed by atoms with E-state index in [4.69, 9.17) is 14.7 Å². The second kappa shape index (κ2) is 2.97. The van der Waals surface area contributed by atoms with E-state index < -0.39 is 0 Å². The van der Waals surface area contributed by atoms with Gasteiger partial charge in [-0.15, -0.1) is 0 Å². The van der Waals surface area contributed by atoms with E-state index in [-0.39, 0.29) is 6.79 Å². The topological polar surface area (TPSA) is 51.1 Å². The van der Waals surface area contributed by atoms with Crippen LogP contribution in [0.25, 0.3) is 0 Å². The molecule has 0 aliphatic carbocycles. The van der Waals surface area contributed by atoms with Gasteiger partial charge >= 0.3 is 0 Å². The molecule has 1 aliphatic heterocycles. The minimum absolute atomic E-state index is 0.227. The highest BCUT2D eigenvalue weighted by Gasteiger charge is 2.18. The van der Waals surface area contributed by atoms with Gasteiger partial charge in [-0.3, -0.25) is 0 Å². The SMILES string of the molecule is Cc1ccc2c(c1C=NO)OCO2. The molecule has 2 rings (SSSR count). The average molecular weight is 179 g/mol. The van der Waals surface area contributed by atoms with Gasteiger partial charge in [-0.1, -0.05) is 11.2 Å². The van der Waals surface area contributed by atoms with Gasteiger partial charge in [0.25, 0.3) is 0 Å². The fourth-order valence-corrected chi connectivity index (χ4v) is 1.31.